The minimum Gasteiger partial charge on any atom is -0.337 e. The fraction of sp³-hybridized carbons (Fsp3) is 0.545. The zero-order chi connectivity index (χ0) is 10.8. The summed E-state index contributed by atoms with van der Waals surface area (Å²) in [6.45, 7) is 3.49. The van der Waals surface area contributed by atoms with Crippen LogP contribution in [0.3, 0.4) is 0 Å². The molecule has 0 aliphatic carbocycles. The van der Waals surface area contributed by atoms with Crippen molar-refractivity contribution in [3.05, 3.63) is 21.9 Å². The molecule has 0 bridgehead atoms. The third kappa shape index (κ3) is 2.18. The Morgan fingerprint density at radius 2 is 2.53 bits per heavy atom. The van der Waals surface area contributed by atoms with Gasteiger partial charge in [0, 0.05) is 18.0 Å². The van der Waals surface area contributed by atoms with Crippen LogP contribution in [-0.4, -0.2) is 22.7 Å². The van der Waals surface area contributed by atoms with Crippen molar-refractivity contribution in [3.8, 4) is 0 Å². The standard InChI is InChI=1S/C11H14ClNOS/c1-2-9(12)11(14)13-5-3-10-8(7-13)4-6-15-10/h4,6,9H,2-3,5,7H2,1H3/t9-/m0/s1. The molecule has 0 unspecified atom stereocenters. The van der Waals surface area contributed by atoms with E-state index in [1.807, 2.05) is 11.8 Å². The first-order chi connectivity index (χ1) is 7.22. The summed E-state index contributed by atoms with van der Waals surface area (Å²) in [4.78, 5) is 15.1. The van der Waals surface area contributed by atoms with Crippen molar-refractivity contribution in [2.45, 2.75) is 31.7 Å². The first-order valence-corrected chi connectivity index (χ1v) is 6.52. The number of alkyl halides is 1. The van der Waals surface area contributed by atoms with Crippen LogP contribution in [0, 0.1) is 0 Å². The van der Waals surface area contributed by atoms with Gasteiger partial charge in [0.05, 0.1) is 0 Å². The van der Waals surface area contributed by atoms with E-state index in [-0.39, 0.29) is 11.3 Å². The molecule has 0 radical (unpaired) electrons. The molecule has 0 fully saturated rings. The van der Waals surface area contributed by atoms with Crippen LogP contribution in [0.25, 0.3) is 0 Å². The van der Waals surface area contributed by atoms with Crippen molar-refractivity contribution in [1.82, 2.24) is 4.90 Å². The molecule has 0 saturated heterocycles. The van der Waals surface area contributed by atoms with Gasteiger partial charge in [0.2, 0.25) is 5.91 Å². The molecule has 0 saturated carbocycles. The second kappa shape index (κ2) is 4.54. The van der Waals surface area contributed by atoms with Crippen LogP contribution in [-0.2, 0) is 17.8 Å². The maximum atomic E-state index is 11.9. The van der Waals surface area contributed by atoms with E-state index in [0.717, 1.165) is 19.5 Å². The molecule has 2 nitrogen and oxygen atoms in total. The monoisotopic (exact) mass is 243 g/mol. The summed E-state index contributed by atoms with van der Waals surface area (Å²) in [6, 6.07) is 2.11. The van der Waals surface area contributed by atoms with Gasteiger partial charge >= 0.3 is 0 Å². The smallest absolute Gasteiger partial charge is 0.240 e. The van der Waals surface area contributed by atoms with Gasteiger partial charge in [-0.05, 0) is 29.9 Å². The quantitative estimate of drug-likeness (QED) is 0.732. The van der Waals surface area contributed by atoms with E-state index in [0.29, 0.717) is 6.42 Å². The normalized spacial score (nSPS) is 17.3. The van der Waals surface area contributed by atoms with Crippen molar-refractivity contribution in [2.24, 2.45) is 0 Å². The average molecular weight is 244 g/mol. The summed E-state index contributed by atoms with van der Waals surface area (Å²) in [7, 11) is 0. The van der Waals surface area contributed by atoms with Gasteiger partial charge in [-0.2, -0.15) is 0 Å². The number of carbonyl (C=O) groups excluding carboxylic acids is 1. The second-order valence-corrected chi connectivity index (χ2v) is 5.28. The number of amides is 1. The van der Waals surface area contributed by atoms with Crippen LogP contribution < -0.4 is 0 Å². The number of fused-ring (bicyclic) bond motifs is 1. The molecule has 82 valence electrons. The van der Waals surface area contributed by atoms with E-state index in [4.69, 9.17) is 11.6 Å². The number of carbonyl (C=O) groups is 1. The highest BCUT2D eigenvalue weighted by atomic mass is 35.5. The third-order valence-electron chi connectivity index (χ3n) is 2.75. The van der Waals surface area contributed by atoms with Gasteiger partial charge in [0.15, 0.2) is 0 Å². The van der Waals surface area contributed by atoms with Gasteiger partial charge in [0.1, 0.15) is 5.38 Å². The number of hydrogen-bond acceptors (Lipinski definition) is 2. The predicted octanol–water partition coefficient (Wildman–Crippen LogP) is 2.65. The molecule has 0 N–H and O–H groups in total. The zero-order valence-corrected chi connectivity index (χ0v) is 10.3. The molecular formula is C11H14ClNOS. The topological polar surface area (TPSA) is 20.3 Å². The van der Waals surface area contributed by atoms with Crippen molar-refractivity contribution >= 4 is 28.8 Å². The fourth-order valence-corrected chi connectivity index (χ4v) is 2.84. The lowest BCUT2D eigenvalue weighted by Gasteiger charge is -2.28. The molecule has 2 rings (SSSR count). The summed E-state index contributed by atoms with van der Waals surface area (Å²) in [5.41, 5.74) is 1.29. The summed E-state index contributed by atoms with van der Waals surface area (Å²) in [6.07, 6.45) is 1.68. The van der Waals surface area contributed by atoms with Gasteiger partial charge in [-0.15, -0.1) is 22.9 Å². The molecular weight excluding hydrogens is 230 g/mol. The number of nitrogens with zero attached hydrogens (tertiary/aromatic N) is 1. The van der Waals surface area contributed by atoms with Crippen LogP contribution in [0.2, 0.25) is 0 Å². The molecule has 15 heavy (non-hydrogen) atoms. The van der Waals surface area contributed by atoms with E-state index < -0.39 is 0 Å². The van der Waals surface area contributed by atoms with Crippen LogP contribution in [0.1, 0.15) is 23.8 Å². The Morgan fingerprint density at radius 1 is 1.73 bits per heavy atom. The van der Waals surface area contributed by atoms with E-state index in [2.05, 4.69) is 11.4 Å². The highest BCUT2D eigenvalue weighted by Gasteiger charge is 2.25. The zero-order valence-electron chi connectivity index (χ0n) is 8.70. The molecule has 0 aromatic carbocycles. The number of hydrogen-bond donors (Lipinski definition) is 0. The molecule has 1 aliphatic rings. The first kappa shape index (κ1) is 11.0. The van der Waals surface area contributed by atoms with E-state index in [9.17, 15) is 4.79 Å². The van der Waals surface area contributed by atoms with Gasteiger partial charge in [-0.1, -0.05) is 6.92 Å². The van der Waals surface area contributed by atoms with E-state index in [1.54, 1.807) is 11.3 Å². The van der Waals surface area contributed by atoms with Crippen LogP contribution >= 0.6 is 22.9 Å². The van der Waals surface area contributed by atoms with Gasteiger partial charge in [-0.3, -0.25) is 4.79 Å². The second-order valence-electron chi connectivity index (χ2n) is 3.75. The SMILES string of the molecule is CC[C@H](Cl)C(=O)N1CCc2sccc2C1. The lowest BCUT2D eigenvalue weighted by Crippen LogP contribution is -2.39. The molecule has 1 amide bonds. The van der Waals surface area contributed by atoms with Crippen LogP contribution in [0.5, 0.6) is 0 Å². The van der Waals surface area contributed by atoms with Crippen molar-refractivity contribution in [1.29, 1.82) is 0 Å². The van der Waals surface area contributed by atoms with Crippen LogP contribution in [0.4, 0.5) is 0 Å². The molecule has 2 heterocycles. The number of rotatable bonds is 2. The molecule has 1 atom stereocenters. The number of thiophene rings is 1. The fourth-order valence-electron chi connectivity index (χ4n) is 1.81. The van der Waals surface area contributed by atoms with Crippen molar-refractivity contribution in [3.63, 3.8) is 0 Å². The van der Waals surface area contributed by atoms with Gasteiger partial charge in [-0.25, -0.2) is 0 Å². The van der Waals surface area contributed by atoms with Crippen molar-refractivity contribution in [2.75, 3.05) is 6.54 Å². The van der Waals surface area contributed by atoms with E-state index >= 15 is 0 Å². The molecule has 4 heteroatoms. The average Bonchev–Trinajstić information content (AvgIpc) is 2.73. The molecule has 1 aromatic rings. The first-order valence-electron chi connectivity index (χ1n) is 5.20. The lowest BCUT2D eigenvalue weighted by atomic mass is 10.1. The Balaban J connectivity index is 2.06. The highest BCUT2D eigenvalue weighted by Crippen LogP contribution is 2.25. The Kier molecular flexibility index (Phi) is 3.32. The maximum absolute atomic E-state index is 11.9. The molecule has 1 aliphatic heterocycles. The Hall–Kier alpha value is -0.540. The Labute approximate surface area is 98.8 Å². The summed E-state index contributed by atoms with van der Waals surface area (Å²) in [5, 5.41) is 1.74. The molecule has 1 aromatic heterocycles. The van der Waals surface area contributed by atoms with E-state index in [1.165, 1.54) is 10.4 Å². The third-order valence-corrected chi connectivity index (χ3v) is 4.26. The highest BCUT2D eigenvalue weighted by molar-refractivity contribution is 7.10. The maximum Gasteiger partial charge on any atom is 0.240 e. The summed E-state index contributed by atoms with van der Waals surface area (Å²) < 4.78 is 0. The lowest BCUT2D eigenvalue weighted by molar-refractivity contribution is -0.131. The minimum atomic E-state index is -0.356. The van der Waals surface area contributed by atoms with Crippen LogP contribution in [0.15, 0.2) is 11.4 Å². The Morgan fingerprint density at radius 3 is 3.27 bits per heavy atom. The number of halogens is 1. The summed E-state index contributed by atoms with van der Waals surface area (Å²) in [5.74, 6) is 0.0796. The predicted molar refractivity (Wildman–Crippen MR) is 63.4 cm³/mol. The van der Waals surface area contributed by atoms with Gasteiger partial charge < -0.3 is 4.90 Å². The van der Waals surface area contributed by atoms with Crippen molar-refractivity contribution < 1.29 is 4.79 Å². The molecule has 0 spiro atoms. The van der Waals surface area contributed by atoms with Gasteiger partial charge in [0.25, 0.3) is 0 Å². The summed E-state index contributed by atoms with van der Waals surface area (Å²) >= 11 is 7.74. The Bertz CT molecular complexity index is 363. The minimum absolute atomic E-state index is 0.0796. The largest absolute Gasteiger partial charge is 0.337 e.